The number of thiol groups is 2. The van der Waals surface area contributed by atoms with Crippen molar-refractivity contribution in [2.24, 2.45) is 5.73 Å². The van der Waals surface area contributed by atoms with Gasteiger partial charge in [0.1, 0.15) is 29.9 Å². The molecule has 14 nitrogen and oxygen atoms in total. The fraction of sp³-hybridized carbons (Fsp3) is 0.455. The lowest BCUT2D eigenvalue weighted by Gasteiger charge is -2.32. The van der Waals surface area contributed by atoms with E-state index in [2.05, 4.69) is 46.5 Å². The monoisotopic (exact) mass is 719 g/mol. The summed E-state index contributed by atoms with van der Waals surface area (Å²) in [4.78, 5) is 77.2. The smallest absolute Gasteiger partial charge is 0.327 e. The van der Waals surface area contributed by atoms with Crippen molar-refractivity contribution < 1.29 is 44.1 Å². The summed E-state index contributed by atoms with van der Waals surface area (Å²) in [6, 6.07) is 7.89. The molecule has 49 heavy (non-hydrogen) atoms. The molecular weight excluding hydrogens is 675 g/mol. The number of amides is 4. The molecule has 2 aromatic carbocycles. The van der Waals surface area contributed by atoms with Gasteiger partial charge in [-0.15, -0.1) is 0 Å². The van der Waals surface area contributed by atoms with Crippen LogP contribution in [0.25, 0.3) is 0 Å². The van der Waals surface area contributed by atoms with Gasteiger partial charge in [0.05, 0.1) is 6.04 Å². The van der Waals surface area contributed by atoms with Gasteiger partial charge in [0.2, 0.25) is 23.6 Å². The molecule has 0 aliphatic rings. The van der Waals surface area contributed by atoms with Gasteiger partial charge in [0, 0.05) is 22.3 Å². The van der Waals surface area contributed by atoms with Gasteiger partial charge in [-0.1, -0.05) is 42.5 Å². The minimum absolute atomic E-state index is 0.0369. The summed E-state index contributed by atoms with van der Waals surface area (Å²) in [5.41, 5.74) is 7.37. The van der Waals surface area contributed by atoms with Crippen molar-refractivity contribution in [3.63, 3.8) is 0 Å². The second-order valence-electron chi connectivity index (χ2n) is 12.8. The summed E-state index contributed by atoms with van der Waals surface area (Å²) in [6.45, 7) is 6.08. The number of benzene rings is 2. The lowest BCUT2D eigenvalue weighted by molar-refractivity contribution is -0.143. The van der Waals surface area contributed by atoms with Gasteiger partial charge in [0.15, 0.2) is 0 Å². The zero-order chi connectivity index (χ0) is 37.1. The molecule has 268 valence electrons. The number of nitrogens with two attached hydrogens (primary N) is 1. The van der Waals surface area contributed by atoms with Crippen molar-refractivity contribution >= 4 is 60.8 Å². The first kappa shape index (κ1) is 40.9. The summed E-state index contributed by atoms with van der Waals surface area (Å²) in [5.74, 6) is -5.92. The van der Waals surface area contributed by atoms with Crippen LogP contribution in [0.3, 0.4) is 0 Å². The van der Waals surface area contributed by atoms with Crippen molar-refractivity contribution in [1.82, 2.24) is 21.3 Å². The summed E-state index contributed by atoms with van der Waals surface area (Å²) in [5, 5.41) is 38.6. The molecule has 0 aromatic heterocycles. The molecule has 0 radical (unpaired) electrons. The Morgan fingerprint density at radius 1 is 0.673 bits per heavy atom. The number of nitrogens with one attached hydrogen (secondary N) is 4. The van der Waals surface area contributed by atoms with Gasteiger partial charge in [-0.25, -0.2) is 4.79 Å². The molecule has 4 amide bonds. The third kappa shape index (κ3) is 13.6. The predicted octanol–water partition coefficient (Wildman–Crippen LogP) is 0.810. The van der Waals surface area contributed by atoms with E-state index in [0.29, 0.717) is 11.1 Å². The van der Waals surface area contributed by atoms with E-state index in [1.54, 1.807) is 56.3 Å². The molecule has 16 heteroatoms. The molecule has 0 aliphatic carbocycles. The highest BCUT2D eigenvalue weighted by Crippen LogP contribution is 2.20. The molecule has 0 aliphatic heterocycles. The van der Waals surface area contributed by atoms with Crippen LogP contribution >= 0.6 is 25.3 Å². The van der Waals surface area contributed by atoms with Crippen molar-refractivity contribution in [2.75, 3.05) is 0 Å². The maximum atomic E-state index is 13.7. The predicted molar refractivity (Wildman–Crippen MR) is 188 cm³/mol. The Morgan fingerprint density at radius 2 is 1.16 bits per heavy atom. The maximum Gasteiger partial charge on any atom is 0.327 e. The number of aromatic hydroxyl groups is 1. The third-order valence-electron chi connectivity index (χ3n) is 7.42. The highest BCUT2D eigenvalue weighted by atomic mass is 32.1. The lowest BCUT2D eigenvalue weighted by atomic mass is 9.99. The van der Waals surface area contributed by atoms with Crippen molar-refractivity contribution in [3.05, 3.63) is 65.7 Å². The van der Waals surface area contributed by atoms with Crippen LogP contribution in [0.2, 0.25) is 0 Å². The summed E-state index contributed by atoms with van der Waals surface area (Å²) in [7, 11) is 0. The molecule has 0 heterocycles. The number of hydrogen-bond acceptors (Lipinski definition) is 10. The third-order valence-corrected chi connectivity index (χ3v) is 7.94. The fourth-order valence-electron chi connectivity index (χ4n) is 4.70. The first-order valence-corrected chi connectivity index (χ1v) is 16.3. The Hall–Kier alpha value is -4.28. The second kappa shape index (κ2) is 17.9. The van der Waals surface area contributed by atoms with Gasteiger partial charge in [-0.05, 0) is 63.8 Å². The van der Waals surface area contributed by atoms with E-state index >= 15 is 0 Å². The number of carbonyl (C=O) groups excluding carboxylic acids is 4. The first-order chi connectivity index (χ1) is 22.7. The van der Waals surface area contributed by atoms with E-state index < -0.39 is 81.7 Å². The molecular formula is C33H45N5O9S2. The van der Waals surface area contributed by atoms with Crippen molar-refractivity contribution in [2.45, 2.75) is 93.1 Å². The average molecular weight is 720 g/mol. The molecule has 0 bridgehead atoms. The number of carboxylic acids is 2. The van der Waals surface area contributed by atoms with Crippen LogP contribution in [0, 0.1) is 0 Å². The number of phenolic OH excluding ortho intramolecular Hbond substituents is 1. The van der Waals surface area contributed by atoms with Gasteiger partial charge in [-0.2, -0.15) is 25.3 Å². The molecule has 0 unspecified atom stereocenters. The molecule has 0 saturated carbocycles. The minimum atomic E-state index is -1.49. The van der Waals surface area contributed by atoms with Crippen LogP contribution in [0.5, 0.6) is 5.75 Å². The van der Waals surface area contributed by atoms with E-state index in [1.165, 1.54) is 26.0 Å². The standard InChI is InChI=1S/C33H45N5O9S2/c1-32(2,48)25(37-27(42)21(34)16-19-10-12-20(39)13-11-19)30(45)35-22(14-15-24(40)41)28(43)36-23(17-18-8-6-5-7-9-18)29(44)38-26(31(46)47)33(3,4)49/h5-13,21-23,25-26,39,48-49H,14-17,34H2,1-4H3,(H,35,45)(H,36,43)(H,37,42)(H,38,44)(H,40,41)(H,46,47)/t21-,22-,23-,25-,26+/m0/s1. The van der Waals surface area contributed by atoms with Crippen LogP contribution in [0.1, 0.15) is 51.7 Å². The zero-order valence-corrected chi connectivity index (χ0v) is 29.5. The first-order valence-electron chi connectivity index (χ1n) is 15.4. The Bertz CT molecular complexity index is 1480. The number of rotatable bonds is 18. The van der Waals surface area contributed by atoms with E-state index in [9.17, 15) is 44.1 Å². The van der Waals surface area contributed by atoms with Crippen LogP contribution < -0.4 is 27.0 Å². The number of phenols is 1. The Labute approximate surface area is 295 Å². The molecule has 0 spiro atoms. The van der Waals surface area contributed by atoms with Crippen LogP contribution in [0.15, 0.2) is 54.6 Å². The van der Waals surface area contributed by atoms with Crippen LogP contribution in [-0.2, 0) is 41.6 Å². The number of hydrogen-bond donors (Lipinski definition) is 10. The number of aliphatic carboxylic acids is 2. The molecule has 0 saturated heterocycles. The number of carboxylic acid groups (broad SMARTS) is 2. The van der Waals surface area contributed by atoms with Gasteiger partial charge < -0.3 is 42.3 Å². The van der Waals surface area contributed by atoms with Gasteiger partial charge in [0.25, 0.3) is 0 Å². The molecule has 9 N–H and O–H groups in total. The van der Waals surface area contributed by atoms with E-state index in [4.69, 9.17) is 5.73 Å². The highest BCUT2D eigenvalue weighted by Gasteiger charge is 2.39. The van der Waals surface area contributed by atoms with E-state index in [0.717, 1.165) is 0 Å². The molecule has 2 aromatic rings. The largest absolute Gasteiger partial charge is 0.508 e. The fourth-order valence-corrected chi connectivity index (χ4v) is 5.05. The Kier molecular flexibility index (Phi) is 15.0. The summed E-state index contributed by atoms with van der Waals surface area (Å²) in [6.07, 6.45) is -0.919. The number of carbonyl (C=O) groups is 6. The average Bonchev–Trinajstić information content (AvgIpc) is 3.00. The zero-order valence-electron chi connectivity index (χ0n) is 27.7. The lowest BCUT2D eigenvalue weighted by Crippen LogP contribution is -2.62. The van der Waals surface area contributed by atoms with Crippen LogP contribution in [0.4, 0.5) is 0 Å². The van der Waals surface area contributed by atoms with E-state index in [-0.39, 0.29) is 25.0 Å². The van der Waals surface area contributed by atoms with Gasteiger partial charge in [-0.3, -0.25) is 24.0 Å². The topological polar surface area (TPSA) is 237 Å². The maximum absolute atomic E-state index is 13.7. The molecule has 5 atom stereocenters. The minimum Gasteiger partial charge on any atom is -0.508 e. The molecule has 2 rings (SSSR count). The van der Waals surface area contributed by atoms with Crippen LogP contribution in [-0.4, -0.2) is 90.6 Å². The highest BCUT2D eigenvalue weighted by molar-refractivity contribution is 7.82. The second-order valence-corrected chi connectivity index (χ2v) is 15.1. The molecule has 0 fully saturated rings. The van der Waals surface area contributed by atoms with Crippen molar-refractivity contribution in [3.8, 4) is 5.75 Å². The quantitative estimate of drug-likeness (QED) is 0.0974. The summed E-state index contributed by atoms with van der Waals surface area (Å²) >= 11 is 8.75. The normalized spacial score (nSPS) is 14.7. The van der Waals surface area contributed by atoms with Crippen molar-refractivity contribution in [1.29, 1.82) is 0 Å². The Morgan fingerprint density at radius 3 is 1.67 bits per heavy atom. The van der Waals surface area contributed by atoms with Gasteiger partial charge >= 0.3 is 11.9 Å². The van der Waals surface area contributed by atoms with E-state index in [1.807, 2.05) is 0 Å². The summed E-state index contributed by atoms with van der Waals surface area (Å²) < 4.78 is -2.39. The Balaban J connectivity index is 2.32. The SMILES string of the molecule is CC(C)(S)[C@H](NC(=O)[C@H](Cc1ccccc1)NC(=O)[C@H](CCC(=O)O)NC(=O)[C@H](NC(=O)[C@@H](N)Cc1ccc(O)cc1)C(C)(C)S)C(=O)O.